The molecule has 2 aliphatic rings. The Morgan fingerprint density at radius 1 is 1.48 bits per heavy atom. The van der Waals surface area contributed by atoms with Crippen LogP contribution in [-0.4, -0.2) is 77.7 Å². The van der Waals surface area contributed by atoms with E-state index in [0.29, 0.717) is 5.57 Å². The minimum Gasteiger partial charge on any atom is -0.543 e. The van der Waals surface area contributed by atoms with Crippen LogP contribution in [-0.2, 0) is 30.6 Å². The van der Waals surface area contributed by atoms with Crippen molar-refractivity contribution in [3.05, 3.63) is 46.1 Å². The van der Waals surface area contributed by atoms with Gasteiger partial charge >= 0.3 is 5.97 Å². The first kappa shape index (κ1) is 27.4. The Labute approximate surface area is 237 Å². The maximum atomic E-state index is 13.2. The number of aromatic amines is 1. The Kier molecular flexibility index (Phi) is 7.35. The summed E-state index contributed by atoms with van der Waals surface area (Å²) >= 11 is 8.24. The number of thiazole rings is 1. The number of carboxylic acids is 2. The number of hydrogen-bond acceptors (Lipinski definition) is 12. The van der Waals surface area contributed by atoms with E-state index < -0.39 is 47.0 Å². The standard InChI is InChI=1S/C22H19ClN8O7S2/c1-8(20(34)35)38-29-13(12-16(23)40-22(24)28-12)17(32)27-14-18(33)31-15(21(36)37)9(6-39-19(14)31)4-30-3-2-10-11(5-30)26-7-25-10/h2-3,5,7-8,14,19H,4,6H2,1H3,(H5,24,27,28,32,34,35,36,37)/b29-13-/t8-,14?,19?/m0/s1. The number of aromatic nitrogens is 4. The first-order chi connectivity index (χ1) is 19.0. The Morgan fingerprint density at radius 3 is 2.92 bits per heavy atom. The highest BCUT2D eigenvalue weighted by Crippen LogP contribution is 2.40. The van der Waals surface area contributed by atoms with Crippen molar-refractivity contribution in [3.63, 3.8) is 0 Å². The largest absolute Gasteiger partial charge is 0.543 e. The van der Waals surface area contributed by atoms with Gasteiger partial charge in [-0.15, -0.1) is 11.8 Å². The van der Waals surface area contributed by atoms with Crippen molar-refractivity contribution < 1.29 is 38.8 Å². The minimum atomic E-state index is -1.52. The van der Waals surface area contributed by atoms with Crippen molar-refractivity contribution in [3.8, 4) is 0 Å². The van der Waals surface area contributed by atoms with Gasteiger partial charge in [0.2, 0.25) is 6.10 Å². The predicted octanol–water partition coefficient (Wildman–Crippen LogP) is -1.16. The zero-order chi connectivity index (χ0) is 28.7. The van der Waals surface area contributed by atoms with E-state index in [2.05, 4.69) is 25.4 Å². The van der Waals surface area contributed by atoms with E-state index in [0.717, 1.165) is 27.3 Å². The second kappa shape index (κ2) is 10.7. The Bertz CT molecular complexity index is 1620. The fraction of sp³-hybridized carbons (Fsp3) is 0.273. The molecule has 15 nitrogen and oxygen atoms in total. The molecule has 18 heteroatoms. The molecule has 40 heavy (non-hydrogen) atoms. The summed E-state index contributed by atoms with van der Waals surface area (Å²) in [4.78, 5) is 66.6. The number of β-lactam (4-membered cyclic amide) rings is 1. The number of nitrogens with zero attached hydrogens (tertiary/aromatic N) is 5. The number of amides is 2. The minimum absolute atomic E-state index is 0.00999. The SMILES string of the molecule is C[C@H](O/N=C(\C(=O)NC1C(=O)N2C(C(=O)[O-])=C(C[n+]3ccc4nc[nH]c4c3)CSC12)c1nc(N)sc1Cl)C(=O)O. The van der Waals surface area contributed by atoms with Crippen LogP contribution in [0.1, 0.15) is 12.6 Å². The molecule has 0 spiro atoms. The van der Waals surface area contributed by atoms with Crippen molar-refractivity contribution in [1.82, 2.24) is 25.2 Å². The summed E-state index contributed by atoms with van der Waals surface area (Å²) in [5.74, 6) is -4.25. The molecule has 5 N–H and O–H groups in total. The van der Waals surface area contributed by atoms with Crippen LogP contribution in [0.25, 0.3) is 11.0 Å². The maximum Gasteiger partial charge on any atom is 0.347 e. The monoisotopic (exact) mass is 606 g/mol. The molecule has 1 fully saturated rings. The molecule has 208 valence electrons. The molecule has 2 unspecified atom stereocenters. The summed E-state index contributed by atoms with van der Waals surface area (Å²) in [5, 5.41) is 26.6. The molecule has 2 aliphatic heterocycles. The maximum absolute atomic E-state index is 13.2. The summed E-state index contributed by atoms with van der Waals surface area (Å²) in [6.07, 6.45) is 3.64. The number of carboxylic acid groups (broad SMARTS) is 2. The van der Waals surface area contributed by atoms with Crippen LogP contribution in [0.3, 0.4) is 0 Å². The van der Waals surface area contributed by atoms with E-state index >= 15 is 0 Å². The second-order valence-electron chi connectivity index (χ2n) is 8.62. The molecule has 0 radical (unpaired) electrons. The lowest BCUT2D eigenvalue weighted by atomic mass is 10.0. The van der Waals surface area contributed by atoms with Gasteiger partial charge in [0.25, 0.3) is 11.8 Å². The van der Waals surface area contributed by atoms with Gasteiger partial charge in [0.15, 0.2) is 29.8 Å². The van der Waals surface area contributed by atoms with Crippen molar-refractivity contribution in [2.45, 2.75) is 31.0 Å². The van der Waals surface area contributed by atoms with E-state index in [1.54, 1.807) is 29.4 Å². The number of H-pyrrole nitrogens is 1. The lowest BCUT2D eigenvalue weighted by Crippen LogP contribution is -2.71. The average molecular weight is 607 g/mol. The number of carbonyl (C=O) groups excluding carboxylic acids is 3. The number of nitrogens with one attached hydrogen (secondary N) is 2. The van der Waals surface area contributed by atoms with Crippen molar-refractivity contribution in [2.75, 3.05) is 11.5 Å². The lowest BCUT2D eigenvalue weighted by molar-refractivity contribution is -0.687. The number of halogens is 1. The zero-order valence-electron chi connectivity index (χ0n) is 20.4. The van der Waals surface area contributed by atoms with Gasteiger partial charge in [-0.2, -0.15) is 4.57 Å². The summed E-state index contributed by atoms with van der Waals surface area (Å²) in [6.45, 7) is 1.37. The van der Waals surface area contributed by atoms with Crippen LogP contribution >= 0.6 is 34.7 Å². The number of pyridine rings is 1. The van der Waals surface area contributed by atoms with Gasteiger partial charge in [-0.1, -0.05) is 28.1 Å². The van der Waals surface area contributed by atoms with Gasteiger partial charge in [0.1, 0.15) is 32.5 Å². The lowest BCUT2D eigenvalue weighted by Gasteiger charge is -2.50. The molecule has 0 aromatic carbocycles. The molecular formula is C22H19ClN8O7S2. The number of carbonyl (C=O) groups is 4. The quantitative estimate of drug-likeness (QED) is 0.0984. The Morgan fingerprint density at radius 2 is 2.25 bits per heavy atom. The molecule has 3 aromatic heterocycles. The molecule has 3 atom stereocenters. The third-order valence-electron chi connectivity index (χ3n) is 6.01. The molecule has 5 rings (SSSR count). The number of fused-ring (bicyclic) bond motifs is 2. The van der Waals surface area contributed by atoms with E-state index in [1.165, 1.54) is 18.7 Å². The van der Waals surface area contributed by atoms with Crippen molar-refractivity contribution in [1.29, 1.82) is 0 Å². The first-order valence-electron chi connectivity index (χ1n) is 11.4. The summed E-state index contributed by atoms with van der Waals surface area (Å²) < 4.78 is 1.75. The van der Waals surface area contributed by atoms with Gasteiger partial charge in [-0.25, -0.2) is 14.8 Å². The number of imidazole rings is 1. The smallest absolute Gasteiger partial charge is 0.347 e. The Balaban J connectivity index is 1.37. The number of thioether (sulfide) groups is 1. The molecule has 0 bridgehead atoms. The molecule has 0 saturated carbocycles. The van der Waals surface area contributed by atoms with Gasteiger partial charge in [-0.05, 0) is 6.92 Å². The van der Waals surface area contributed by atoms with Crippen LogP contribution in [0, 0.1) is 0 Å². The van der Waals surface area contributed by atoms with Gasteiger partial charge in [0, 0.05) is 17.4 Å². The number of hydrogen-bond donors (Lipinski definition) is 4. The number of nitrogen functional groups attached to an aromatic ring is 1. The molecule has 1 saturated heterocycles. The Hall–Kier alpha value is -4.22. The van der Waals surface area contributed by atoms with E-state index in [4.69, 9.17) is 27.3 Å². The van der Waals surface area contributed by atoms with Gasteiger partial charge in [-0.3, -0.25) is 14.5 Å². The van der Waals surface area contributed by atoms with Crippen LogP contribution in [0.4, 0.5) is 5.13 Å². The summed E-state index contributed by atoms with van der Waals surface area (Å²) in [5.41, 5.74) is 6.69. The third-order valence-corrected chi connectivity index (χ3v) is 8.43. The normalized spacial score (nSPS) is 19.7. The number of nitrogens with two attached hydrogens (primary N) is 1. The van der Waals surface area contributed by atoms with E-state index in [9.17, 15) is 24.3 Å². The molecule has 3 aromatic rings. The average Bonchev–Trinajstić information content (AvgIpc) is 3.51. The van der Waals surface area contributed by atoms with Gasteiger partial charge < -0.3 is 35.9 Å². The van der Waals surface area contributed by atoms with Crippen LogP contribution in [0.2, 0.25) is 4.34 Å². The van der Waals surface area contributed by atoms with Crippen molar-refractivity contribution in [2.24, 2.45) is 5.16 Å². The predicted molar refractivity (Wildman–Crippen MR) is 140 cm³/mol. The molecular weight excluding hydrogens is 588 g/mol. The van der Waals surface area contributed by atoms with E-state index in [1.807, 2.05) is 0 Å². The number of aliphatic carboxylic acids is 2. The van der Waals surface area contributed by atoms with Gasteiger partial charge in [0.05, 0.1) is 18.0 Å². The number of oxime groups is 1. The third kappa shape index (κ3) is 5.05. The fourth-order valence-electron chi connectivity index (χ4n) is 4.08. The molecule has 2 amide bonds. The van der Waals surface area contributed by atoms with Crippen LogP contribution in [0.15, 0.2) is 41.2 Å². The summed E-state index contributed by atoms with van der Waals surface area (Å²) in [6, 6.07) is 0.645. The highest BCUT2D eigenvalue weighted by atomic mass is 35.5. The molecule has 5 heterocycles. The highest BCUT2D eigenvalue weighted by molar-refractivity contribution is 8.00. The fourth-order valence-corrected chi connectivity index (χ4v) is 6.34. The number of rotatable bonds is 9. The van der Waals surface area contributed by atoms with Crippen LogP contribution < -0.4 is 20.7 Å². The van der Waals surface area contributed by atoms with Crippen molar-refractivity contribution >= 4 is 80.3 Å². The zero-order valence-corrected chi connectivity index (χ0v) is 22.7. The summed E-state index contributed by atoms with van der Waals surface area (Å²) in [7, 11) is 0. The first-order valence-corrected chi connectivity index (χ1v) is 13.7. The topological polar surface area (TPSA) is 220 Å². The number of anilines is 1. The van der Waals surface area contributed by atoms with E-state index in [-0.39, 0.29) is 33.2 Å². The van der Waals surface area contributed by atoms with Crippen LogP contribution in [0.5, 0.6) is 0 Å². The highest BCUT2D eigenvalue weighted by Gasteiger charge is 2.53. The second-order valence-corrected chi connectivity index (χ2v) is 11.4. The molecule has 0 aliphatic carbocycles.